The summed E-state index contributed by atoms with van der Waals surface area (Å²) in [5.41, 5.74) is 0.940. The molecule has 2 rings (SSSR count). The smallest absolute Gasteiger partial charge is 0.255 e. The number of benzene rings is 1. The molecule has 1 heterocycles. The Labute approximate surface area is 127 Å². The first-order valence-corrected chi connectivity index (χ1v) is 6.45. The van der Waals surface area contributed by atoms with Gasteiger partial charge < -0.3 is 10.0 Å². The minimum absolute atomic E-state index is 0.0737. The second-order valence-corrected chi connectivity index (χ2v) is 4.68. The van der Waals surface area contributed by atoms with E-state index >= 15 is 0 Å². The maximum absolute atomic E-state index is 12.2. The number of carbonyl (C=O) groups excluding carboxylic acids is 2. The fraction of sp³-hybridized carbons (Fsp3) is 0.125. The van der Waals surface area contributed by atoms with E-state index in [-0.39, 0.29) is 29.7 Å². The molecular formula is C16H13N3O3. The summed E-state index contributed by atoms with van der Waals surface area (Å²) in [5, 5.41) is 17.9. The number of nitriles is 1. The van der Waals surface area contributed by atoms with Crippen LogP contribution in [0.1, 0.15) is 26.4 Å². The average Bonchev–Trinajstić information content (AvgIpc) is 2.54. The van der Waals surface area contributed by atoms with Crippen molar-refractivity contribution in [2.24, 2.45) is 0 Å². The molecule has 2 aromatic rings. The Morgan fingerprint density at radius 3 is 2.36 bits per heavy atom. The van der Waals surface area contributed by atoms with Crippen LogP contribution in [0.3, 0.4) is 0 Å². The number of hydrogen-bond acceptors (Lipinski definition) is 5. The number of rotatable bonds is 4. The van der Waals surface area contributed by atoms with Crippen molar-refractivity contribution in [3.8, 4) is 11.8 Å². The number of aromatic nitrogens is 1. The lowest BCUT2D eigenvalue weighted by atomic mass is 10.1. The normalized spacial score (nSPS) is 9.82. The van der Waals surface area contributed by atoms with Gasteiger partial charge in [0.2, 0.25) is 0 Å². The summed E-state index contributed by atoms with van der Waals surface area (Å²) in [6.45, 7) is -0.0936. The van der Waals surface area contributed by atoms with E-state index in [9.17, 15) is 14.7 Å². The van der Waals surface area contributed by atoms with Gasteiger partial charge in [-0.15, -0.1) is 0 Å². The summed E-state index contributed by atoms with van der Waals surface area (Å²) in [4.78, 5) is 29.3. The van der Waals surface area contributed by atoms with Gasteiger partial charge in [-0.2, -0.15) is 5.26 Å². The van der Waals surface area contributed by atoms with Crippen LogP contribution in [-0.2, 0) is 0 Å². The molecule has 0 aliphatic rings. The van der Waals surface area contributed by atoms with Gasteiger partial charge in [0, 0.05) is 18.8 Å². The fourth-order valence-electron chi connectivity index (χ4n) is 1.83. The van der Waals surface area contributed by atoms with Crippen LogP contribution in [0.4, 0.5) is 0 Å². The maximum atomic E-state index is 12.2. The third-order valence-electron chi connectivity index (χ3n) is 3.04. The van der Waals surface area contributed by atoms with Crippen LogP contribution in [-0.4, -0.2) is 40.3 Å². The summed E-state index contributed by atoms with van der Waals surface area (Å²) in [6, 6.07) is 10.6. The SMILES string of the molecule is CN(CC(=O)c1ccc(O)cc1)C(=O)c1ccc(C#N)nc1. The highest BCUT2D eigenvalue weighted by Crippen LogP contribution is 2.11. The van der Waals surface area contributed by atoms with Crippen LogP contribution in [0.15, 0.2) is 42.6 Å². The first kappa shape index (κ1) is 15.2. The van der Waals surface area contributed by atoms with Crippen LogP contribution in [0.5, 0.6) is 5.75 Å². The van der Waals surface area contributed by atoms with Crippen molar-refractivity contribution in [1.82, 2.24) is 9.88 Å². The quantitative estimate of drug-likeness (QED) is 0.865. The molecule has 6 nitrogen and oxygen atoms in total. The zero-order chi connectivity index (χ0) is 16.1. The fourth-order valence-corrected chi connectivity index (χ4v) is 1.83. The van der Waals surface area contributed by atoms with Crippen molar-refractivity contribution in [2.75, 3.05) is 13.6 Å². The molecule has 0 atom stereocenters. The standard InChI is InChI=1S/C16H13N3O3/c1-19(10-15(21)11-3-6-14(20)7-4-11)16(22)12-2-5-13(8-17)18-9-12/h2-7,9,20H,10H2,1H3. The minimum atomic E-state index is -0.357. The molecule has 0 unspecified atom stereocenters. The molecule has 1 amide bonds. The number of ketones is 1. The van der Waals surface area contributed by atoms with E-state index in [4.69, 9.17) is 5.26 Å². The number of Topliss-reactive ketones (excluding diaryl/α,β-unsaturated/α-hetero) is 1. The summed E-state index contributed by atoms with van der Waals surface area (Å²) < 4.78 is 0. The third kappa shape index (κ3) is 3.46. The molecule has 1 aromatic carbocycles. The molecule has 1 aromatic heterocycles. The lowest BCUT2D eigenvalue weighted by molar-refractivity contribution is 0.0747. The van der Waals surface area contributed by atoms with Crippen LogP contribution >= 0.6 is 0 Å². The van der Waals surface area contributed by atoms with E-state index in [0.29, 0.717) is 11.1 Å². The number of phenolic OH excluding ortho intramolecular Hbond substituents is 1. The van der Waals surface area contributed by atoms with Gasteiger partial charge in [-0.25, -0.2) is 4.98 Å². The summed E-state index contributed by atoms with van der Waals surface area (Å²) >= 11 is 0. The molecule has 0 aliphatic carbocycles. The van der Waals surface area contributed by atoms with Gasteiger partial charge in [-0.3, -0.25) is 9.59 Å². The Hall–Kier alpha value is -3.20. The lowest BCUT2D eigenvalue weighted by Gasteiger charge is -2.16. The number of phenols is 1. The van der Waals surface area contributed by atoms with Gasteiger partial charge in [0.15, 0.2) is 5.78 Å². The highest BCUT2D eigenvalue weighted by Gasteiger charge is 2.16. The number of carbonyl (C=O) groups is 2. The van der Waals surface area contributed by atoms with Gasteiger partial charge in [0.1, 0.15) is 17.5 Å². The zero-order valence-corrected chi connectivity index (χ0v) is 11.9. The van der Waals surface area contributed by atoms with Crippen molar-refractivity contribution in [3.63, 3.8) is 0 Å². The Morgan fingerprint density at radius 2 is 1.82 bits per heavy atom. The van der Waals surface area contributed by atoms with Crippen molar-refractivity contribution in [3.05, 3.63) is 59.4 Å². The molecular weight excluding hydrogens is 282 g/mol. The van der Waals surface area contributed by atoms with Gasteiger partial charge >= 0.3 is 0 Å². The average molecular weight is 295 g/mol. The molecule has 22 heavy (non-hydrogen) atoms. The Bertz CT molecular complexity index is 731. The number of pyridine rings is 1. The second-order valence-electron chi connectivity index (χ2n) is 4.68. The number of aromatic hydroxyl groups is 1. The van der Waals surface area contributed by atoms with Gasteiger partial charge in [-0.1, -0.05) is 0 Å². The van der Waals surface area contributed by atoms with Gasteiger partial charge in [0.25, 0.3) is 5.91 Å². The number of nitrogens with zero attached hydrogens (tertiary/aromatic N) is 3. The van der Waals surface area contributed by atoms with E-state index in [1.807, 2.05) is 6.07 Å². The molecule has 0 saturated carbocycles. The predicted octanol–water partition coefficient (Wildman–Crippen LogP) is 1.61. The lowest BCUT2D eigenvalue weighted by Crippen LogP contribution is -2.32. The molecule has 0 saturated heterocycles. The molecule has 0 bridgehead atoms. The largest absolute Gasteiger partial charge is 0.508 e. The Kier molecular flexibility index (Phi) is 4.49. The highest BCUT2D eigenvalue weighted by molar-refractivity contribution is 6.02. The molecule has 0 radical (unpaired) electrons. The monoisotopic (exact) mass is 295 g/mol. The van der Waals surface area contributed by atoms with E-state index < -0.39 is 0 Å². The molecule has 0 spiro atoms. The summed E-state index contributed by atoms with van der Waals surface area (Å²) in [5.74, 6) is -0.522. The predicted molar refractivity (Wildman–Crippen MR) is 78.3 cm³/mol. The number of amides is 1. The van der Waals surface area contributed by atoms with Crippen LogP contribution in [0.2, 0.25) is 0 Å². The topological polar surface area (TPSA) is 94.3 Å². The number of hydrogen-bond donors (Lipinski definition) is 1. The number of likely N-dealkylation sites (N-methyl/N-ethyl adjacent to an activating group) is 1. The highest BCUT2D eigenvalue weighted by atomic mass is 16.3. The first-order valence-electron chi connectivity index (χ1n) is 6.45. The first-order chi connectivity index (χ1) is 10.5. The van der Waals surface area contributed by atoms with Crippen molar-refractivity contribution < 1.29 is 14.7 Å². The third-order valence-corrected chi connectivity index (χ3v) is 3.04. The van der Waals surface area contributed by atoms with E-state index in [2.05, 4.69) is 4.98 Å². The minimum Gasteiger partial charge on any atom is -0.508 e. The van der Waals surface area contributed by atoms with Crippen molar-refractivity contribution in [2.45, 2.75) is 0 Å². The van der Waals surface area contributed by atoms with Crippen LogP contribution in [0.25, 0.3) is 0 Å². The molecule has 0 fully saturated rings. The Morgan fingerprint density at radius 1 is 1.18 bits per heavy atom. The molecule has 110 valence electrons. The van der Waals surface area contributed by atoms with Gasteiger partial charge in [0.05, 0.1) is 12.1 Å². The van der Waals surface area contributed by atoms with Crippen LogP contribution < -0.4 is 0 Å². The summed E-state index contributed by atoms with van der Waals surface area (Å²) in [6.07, 6.45) is 1.31. The molecule has 1 N–H and O–H groups in total. The van der Waals surface area contributed by atoms with Gasteiger partial charge in [-0.05, 0) is 36.4 Å². The van der Waals surface area contributed by atoms with E-state index in [1.54, 1.807) is 0 Å². The summed E-state index contributed by atoms with van der Waals surface area (Å²) in [7, 11) is 1.51. The Balaban J connectivity index is 2.05. The van der Waals surface area contributed by atoms with Crippen molar-refractivity contribution >= 4 is 11.7 Å². The molecule has 0 aliphatic heterocycles. The maximum Gasteiger partial charge on any atom is 0.255 e. The van der Waals surface area contributed by atoms with Crippen molar-refractivity contribution in [1.29, 1.82) is 5.26 Å². The van der Waals surface area contributed by atoms with E-state index in [1.165, 1.54) is 54.5 Å². The zero-order valence-electron chi connectivity index (χ0n) is 11.9. The van der Waals surface area contributed by atoms with E-state index in [0.717, 1.165) is 0 Å². The van der Waals surface area contributed by atoms with Crippen LogP contribution in [0, 0.1) is 11.3 Å². The second kappa shape index (κ2) is 6.50. The molecule has 6 heteroatoms.